The minimum absolute atomic E-state index is 0.242. The maximum Gasteiger partial charge on any atom is 0.271 e. The molecule has 1 N–H and O–H groups in total. The minimum Gasteiger partial charge on any atom is -0.497 e. The number of methoxy groups -OCH3 is 1. The lowest BCUT2D eigenvalue weighted by molar-refractivity contribution is 0.0945. The molecule has 1 aliphatic rings. The number of amides is 1. The van der Waals surface area contributed by atoms with Crippen LogP contribution in [0.4, 0.5) is 11.5 Å². The fourth-order valence-electron chi connectivity index (χ4n) is 3.37. The Bertz CT molecular complexity index is 955. The zero-order chi connectivity index (χ0) is 19.3. The standard InChI is InChI=1S/C22H22N4O2/c1-28-18-10-8-16(9-11-18)13-25-22(27)19-14-24-21(15-23-19)26-12-4-6-17-5-2-3-7-20(17)26/h2-3,5,7-11,14-15H,4,6,12-13H2,1H3,(H,25,27). The number of hydrogen-bond donors (Lipinski definition) is 1. The van der Waals surface area contributed by atoms with Crippen LogP contribution in [0, 0.1) is 0 Å². The van der Waals surface area contributed by atoms with Gasteiger partial charge in [0.1, 0.15) is 11.4 Å². The molecule has 0 aliphatic carbocycles. The van der Waals surface area contributed by atoms with Gasteiger partial charge in [0.25, 0.3) is 5.91 Å². The molecule has 2 heterocycles. The highest BCUT2D eigenvalue weighted by atomic mass is 16.5. The Morgan fingerprint density at radius 3 is 2.68 bits per heavy atom. The number of aromatic nitrogens is 2. The normalized spacial score (nSPS) is 13.0. The second kappa shape index (κ2) is 8.08. The second-order valence-corrected chi connectivity index (χ2v) is 6.67. The molecule has 3 aromatic rings. The van der Waals surface area contributed by atoms with E-state index in [1.54, 1.807) is 13.3 Å². The van der Waals surface area contributed by atoms with Gasteiger partial charge in [-0.15, -0.1) is 0 Å². The molecule has 0 saturated heterocycles. The molecule has 6 heteroatoms. The van der Waals surface area contributed by atoms with Crippen molar-refractivity contribution in [3.63, 3.8) is 0 Å². The molecule has 6 nitrogen and oxygen atoms in total. The number of fused-ring (bicyclic) bond motifs is 1. The van der Waals surface area contributed by atoms with Gasteiger partial charge >= 0.3 is 0 Å². The van der Waals surface area contributed by atoms with E-state index in [1.165, 1.54) is 17.4 Å². The van der Waals surface area contributed by atoms with Gasteiger partial charge < -0.3 is 15.0 Å². The molecular weight excluding hydrogens is 352 g/mol. The van der Waals surface area contributed by atoms with Crippen LogP contribution in [-0.2, 0) is 13.0 Å². The fraction of sp³-hybridized carbons (Fsp3) is 0.227. The highest BCUT2D eigenvalue weighted by Crippen LogP contribution is 2.31. The number of rotatable bonds is 5. The molecule has 0 atom stereocenters. The first-order valence-corrected chi connectivity index (χ1v) is 9.33. The van der Waals surface area contributed by atoms with E-state index >= 15 is 0 Å². The van der Waals surface area contributed by atoms with Crippen LogP contribution in [0.15, 0.2) is 60.9 Å². The third kappa shape index (κ3) is 3.81. The molecule has 0 fully saturated rings. The molecule has 0 unspecified atom stereocenters. The van der Waals surface area contributed by atoms with Gasteiger partial charge in [-0.2, -0.15) is 0 Å². The average Bonchev–Trinajstić information content (AvgIpc) is 2.77. The largest absolute Gasteiger partial charge is 0.497 e. The van der Waals surface area contributed by atoms with Gasteiger partial charge in [0.15, 0.2) is 5.82 Å². The summed E-state index contributed by atoms with van der Waals surface area (Å²) in [5.74, 6) is 1.31. The lowest BCUT2D eigenvalue weighted by atomic mass is 10.0. The Kier molecular flexibility index (Phi) is 5.19. The van der Waals surface area contributed by atoms with Crippen molar-refractivity contribution in [2.45, 2.75) is 19.4 Å². The molecule has 28 heavy (non-hydrogen) atoms. The number of anilines is 2. The number of aryl methyl sites for hydroxylation is 1. The van der Waals surface area contributed by atoms with Gasteiger partial charge in [0, 0.05) is 18.8 Å². The van der Waals surface area contributed by atoms with Crippen LogP contribution in [0.1, 0.15) is 28.0 Å². The maximum absolute atomic E-state index is 12.4. The molecule has 0 bridgehead atoms. The number of benzene rings is 2. The summed E-state index contributed by atoms with van der Waals surface area (Å²) in [6.45, 7) is 1.32. The van der Waals surface area contributed by atoms with Gasteiger partial charge in [-0.3, -0.25) is 4.79 Å². The summed E-state index contributed by atoms with van der Waals surface area (Å²) in [5, 5.41) is 2.87. The summed E-state index contributed by atoms with van der Waals surface area (Å²) in [5.41, 5.74) is 3.78. The van der Waals surface area contributed by atoms with Crippen LogP contribution in [0.2, 0.25) is 0 Å². The number of carbonyl (C=O) groups excluding carboxylic acids is 1. The SMILES string of the molecule is COc1ccc(CNC(=O)c2cnc(N3CCCc4ccccc43)cn2)cc1. The van der Waals surface area contributed by atoms with Gasteiger partial charge in [-0.25, -0.2) is 9.97 Å². The third-order valence-corrected chi connectivity index (χ3v) is 4.87. The Morgan fingerprint density at radius 2 is 1.93 bits per heavy atom. The van der Waals surface area contributed by atoms with Gasteiger partial charge in [-0.05, 0) is 42.2 Å². The number of carbonyl (C=O) groups is 1. The van der Waals surface area contributed by atoms with E-state index in [1.807, 2.05) is 30.3 Å². The Balaban J connectivity index is 1.42. The smallest absolute Gasteiger partial charge is 0.271 e. The summed E-state index contributed by atoms with van der Waals surface area (Å²) in [7, 11) is 1.63. The van der Waals surface area contributed by atoms with Gasteiger partial charge in [0.05, 0.1) is 19.5 Å². The molecule has 4 rings (SSSR count). The van der Waals surface area contributed by atoms with E-state index < -0.39 is 0 Å². The van der Waals surface area contributed by atoms with Crippen LogP contribution < -0.4 is 15.0 Å². The predicted octanol–water partition coefficient (Wildman–Crippen LogP) is 3.50. The van der Waals surface area contributed by atoms with Crippen molar-refractivity contribution in [1.82, 2.24) is 15.3 Å². The second-order valence-electron chi connectivity index (χ2n) is 6.67. The van der Waals surface area contributed by atoms with Crippen molar-refractivity contribution in [3.05, 3.63) is 77.7 Å². The van der Waals surface area contributed by atoms with E-state index in [4.69, 9.17) is 4.74 Å². The van der Waals surface area contributed by atoms with Crippen LogP contribution in [0.25, 0.3) is 0 Å². The Hall–Kier alpha value is -3.41. The van der Waals surface area contributed by atoms with Gasteiger partial charge in [0.2, 0.25) is 0 Å². The Morgan fingerprint density at radius 1 is 1.11 bits per heavy atom. The van der Waals surface area contributed by atoms with Crippen molar-refractivity contribution in [2.24, 2.45) is 0 Å². The van der Waals surface area contributed by atoms with Crippen molar-refractivity contribution in [3.8, 4) is 5.75 Å². The Labute approximate surface area is 164 Å². The summed E-state index contributed by atoms with van der Waals surface area (Å²) in [4.78, 5) is 23.3. The summed E-state index contributed by atoms with van der Waals surface area (Å²) >= 11 is 0. The summed E-state index contributed by atoms with van der Waals surface area (Å²) in [6, 6.07) is 15.9. The lowest BCUT2D eigenvalue weighted by Gasteiger charge is -2.30. The summed E-state index contributed by atoms with van der Waals surface area (Å²) < 4.78 is 5.14. The molecule has 0 radical (unpaired) electrons. The first-order chi connectivity index (χ1) is 13.7. The number of para-hydroxylation sites is 1. The monoisotopic (exact) mass is 374 g/mol. The van der Waals surface area contributed by atoms with Crippen molar-refractivity contribution < 1.29 is 9.53 Å². The molecule has 1 amide bonds. The number of hydrogen-bond acceptors (Lipinski definition) is 5. The minimum atomic E-state index is -0.242. The van der Waals surface area contributed by atoms with Crippen LogP contribution in [0.5, 0.6) is 5.75 Å². The highest BCUT2D eigenvalue weighted by Gasteiger charge is 2.19. The van der Waals surface area contributed by atoms with E-state index in [2.05, 4.69) is 38.4 Å². The van der Waals surface area contributed by atoms with Crippen molar-refractivity contribution in [1.29, 1.82) is 0 Å². The van der Waals surface area contributed by atoms with Gasteiger partial charge in [-0.1, -0.05) is 30.3 Å². The number of ether oxygens (including phenoxy) is 1. The van der Waals surface area contributed by atoms with E-state index in [-0.39, 0.29) is 5.91 Å². The molecule has 142 valence electrons. The molecular formula is C22H22N4O2. The van der Waals surface area contributed by atoms with E-state index in [0.29, 0.717) is 12.2 Å². The average molecular weight is 374 g/mol. The maximum atomic E-state index is 12.4. The first kappa shape index (κ1) is 18.0. The highest BCUT2D eigenvalue weighted by molar-refractivity contribution is 5.92. The first-order valence-electron chi connectivity index (χ1n) is 9.33. The molecule has 0 saturated carbocycles. The topological polar surface area (TPSA) is 67.3 Å². The molecule has 0 spiro atoms. The van der Waals surface area contributed by atoms with Crippen LogP contribution >= 0.6 is 0 Å². The fourth-order valence-corrected chi connectivity index (χ4v) is 3.37. The molecule has 1 aromatic heterocycles. The number of nitrogens with one attached hydrogen (secondary N) is 1. The van der Waals surface area contributed by atoms with E-state index in [9.17, 15) is 4.79 Å². The third-order valence-electron chi connectivity index (χ3n) is 4.87. The zero-order valence-corrected chi connectivity index (χ0v) is 15.8. The molecule has 2 aromatic carbocycles. The summed E-state index contributed by atoms with van der Waals surface area (Å²) in [6.07, 6.45) is 5.36. The van der Waals surface area contributed by atoms with Crippen molar-refractivity contribution in [2.75, 3.05) is 18.6 Å². The van der Waals surface area contributed by atoms with Crippen LogP contribution in [0.3, 0.4) is 0 Å². The molecule has 1 aliphatic heterocycles. The van der Waals surface area contributed by atoms with E-state index in [0.717, 1.165) is 36.5 Å². The van der Waals surface area contributed by atoms with Crippen LogP contribution in [-0.4, -0.2) is 29.5 Å². The lowest BCUT2D eigenvalue weighted by Crippen LogP contribution is -2.27. The van der Waals surface area contributed by atoms with Crippen molar-refractivity contribution >= 4 is 17.4 Å². The zero-order valence-electron chi connectivity index (χ0n) is 15.8. The predicted molar refractivity (Wildman–Crippen MR) is 108 cm³/mol. The number of nitrogens with zero attached hydrogens (tertiary/aromatic N) is 3. The quantitative estimate of drug-likeness (QED) is 0.740.